The Kier molecular flexibility index (Phi) is 3.20. The molecule has 1 spiro atoms. The van der Waals surface area contributed by atoms with Crippen LogP contribution in [0.2, 0.25) is 0 Å². The zero-order chi connectivity index (χ0) is 18.6. The summed E-state index contributed by atoms with van der Waals surface area (Å²) in [5.74, 6) is 8.00. The summed E-state index contributed by atoms with van der Waals surface area (Å²) in [5.41, 5.74) is 1.30. The van der Waals surface area contributed by atoms with Crippen LogP contribution in [-0.2, 0) is 15.9 Å². The smallest absolute Gasteiger partial charge is 0.175 e. The van der Waals surface area contributed by atoms with E-state index in [2.05, 4.69) is 17.4 Å². The number of nitrogens with one attached hydrogen (secondary N) is 1. The molecule has 1 aliphatic heterocycles. The minimum absolute atomic E-state index is 0.187. The molecular weight excluding hydrogens is 354 g/mol. The molecule has 7 rings (SSSR count). The Labute approximate surface area is 166 Å². The van der Waals surface area contributed by atoms with Gasteiger partial charge in [-0.3, -0.25) is 0 Å². The van der Waals surface area contributed by atoms with E-state index in [1.165, 1.54) is 12.0 Å². The Hall–Kier alpha value is -1.30. The fourth-order valence-corrected chi connectivity index (χ4v) is 9.00. The highest BCUT2D eigenvalue weighted by atomic mass is 16.7. The summed E-state index contributed by atoms with van der Waals surface area (Å²) in [6.45, 7) is 2.63. The number of hydrogen-bond acceptors (Lipinski definition) is 5. The predicted octanol–water partition coefficient (Wildman–Crippen LogP) is 2.34. The van der Waals surface area contributed by atoms with Crippen LogP contribution in [0.5, 0.6) is 11.5 Å². The van der Waals surface area contributed by atoms with Crippen LogP contribution in [-0.4, -0.2) is 45.8 Å². The Bertz CT molecular complexity index is 821. The van der Waals surface area contributed by atoms with Gasteiger partial charge in [0, 0.05) is 17.9 Å². The van der Waals surface area contributed by atoms with Crippen LogP contribution in [0.4, 0.5) is 0 Å². The van der Waals surface area contributed by atoms with Crippen molar-refractivity contribution in [3.63, 3.8) is 0 Å². The summed E-state index contributed by atoms with van der Waals surface area (Å²) in [6.07, 6.45) is 2.46. The van der Waals surface area contributed by atoms with Gasteiger partial charge in [-0.15, -0.1) is 0 Å². The number of fused-ring (bicyclic) bond motifs is 4. The van der Waals surface area contributed by atoms with Crippen LogP contribution < -0.4 is 14.8 Å². The first-order valence-electron chi connectivity index (χ1n) is 11.0. The van der Waals surface area contributed by atoms with E-state index >= 15 is 0 Å². The average Bonchev–Trinajstić information content (AvgIpc) is 3.40. The number of hydrogen-bond donors (Lipinski definition) is 1. The topological polar surface area (TPSA) is 49.0 Å². The first-order chi connectivity index (χ1) is 13.8. The highest BCUT2D eigenvalue weighted by molar-refractivity contribution is 5.43. The number of rotatable bonds is 6. The molecule has 2 bridgehead atoms. The molecular formula is C23H29NO4. The molecule has 6 fully saturated rings. The van der Waals surface area contributed by atoms with Crippen LogP contribution in [0.25, 0.3) is 0 Å². The molecule has 28 heavy (non-hydrogen) atoms. The van der Waals surface area contributed by atoms with Crippen LogP contribution in [0, 0.1) is 47.3 Å². The molecule has 5 nitrogen and oxygen atoms in total. The van der Waals surface area contributed by atoms with Gasteiger partial charge in [0.15, 0.2) is 17.3 Å². The Morgan fingerprint density at radius 2 is 1.79 bits per heavy atom. The van der Waals surface area contributed by atoms with Gasteiger partial charge in [0.1, 0.15) is 0 Å². The molecule has 0 unspecified atom stereocenters. The summed E-state index contributed by atoms with van der Waals surface area (Å²) in [7, 11) is 3.39. The van der Waals surface area contributed by atoms with Crippen LogP contribution in [0.15, 0.2) is 18.2 Å². The van der Waals surface area contributed by atoms with Gasteiger partial charge in [0.25, 0.3) is 0 Å². The number of benzene rings is 1. The van der Waals surface area contributed by atoms with Crippen molar-refractivity contribution in [3.05, 3.63) is 23.8 Å². The molecule has 6 aliphatic rings. The third-order valence-electron chi connectivity index (χ3n) is 9.36. The van der Waals surface area contributed by atoms with E-state index in [9.17, 15) is 0 Å². The zero-order valence-electron chi connectivity index (χ0n) is 16.6. The zero-order valence-corrected chi connectivity index (χ0v) is 16.6. The molecule has 5 aliphatic carbocycles. The van der Waals surface area contributed by atoms with Crippen molar-refractivity contribution < 1.29 is 18.9 Å². The summed E-state index contributed by atoms with van der Waals surface area (Å²) >= 11 is 0. The van der Waals surface area contributed by atoms with E-state index in [1.807, 2.05) is 6.07 Å². The van der Waals surface area contributed by atoms with Crippen molar-refractivity contribution in [2.75, 3.05) is 34.0 Å². The van der Waals surface area contributed by atoms with Gasteiger partial charge in [-0.1, -0.05) is 6.07 Å². The van der Waals surface area contributed by atoms with Gasteiger partial charge in [-0.05, 0) is 72.6 Å². The molecule has 0 amide bonds. The van der Waals surface area contributed by atoms with E-state index in [0.29, 0.717) is 17.9 Å². The molecule has 1 heterocycles. The Morgan fingerprint density at radius 3 is 2.57 bits per heavy atom. The molecule has 5 saturated carbocycles. The lowest BCUT2D eigenvalue weighted by Crippen LogP contribution is -2.62. The largest absolute Gasteiger partial charge is 0.493 e. The maximum Gasteiger partial charge on any atom is 0.175 e. The minimum atomic E-state index is -0.187. The molecule has 0 radical (unpaired) electrons. The van der Waals surface area contributed by atoms with Gasteiger partial charge < -0.3 is 24.3 Å². The fourth-order valence-electron chi connectivity index (χ4n) is 9.00. The third kappa shape index (κ3) is 1.69. The molecule has 1 aromatic carbocycles. The first-order valence-corrected chi connectivity index (χ1v) is 11.0. The summed E-state index contributed by atoms with van der Waals surface area (Å²) in [4.78, 5) is 0. The highest BCUT2D eigenvalue weighted by Crippen LogP contribution is 2.86. The quantitative estimate of drug-likeness (QED) is 0.817. The monoisotopic (exact) mass is 383 g/mol. The van der Waals surface area contributed by atoms with Crippen LogP contribution in [0.3, 0.4) is 0 Å². The average molecular weight is 383 g/mol. The number of methoxy groups -OCH3 is 2. The lowest BCUT2D eigenvalue weighted by Gasteiger charge is -2.54. The predicted molar refractivity (Wildman–Crippen MR) is 102 cm³/mol. The van der Waals surface area contributed by atoms with Crippen molar-refractivity contribution in [2.45, 2.75) is 24.7 Å². The molecule has 1 aromatic rings. The highest BCUT2D eigenvalue weighted by Gasteiger charge is 2.88. The van der Waals surface area contributed by atoms with Crippen LogP contribution >= 0.6 is 0 Å². The summed E-state index contributed by atoms with van der Waals surface area (Å²) in [5, 5.41) is 4.00. The van der Waals surface area contributed by atoms with E-state index in [1.54, 1.807) is 14.2 Å². The second-order valence-electron chi connectivity index (χ2n) is 9.76. The standard InChI is InChI=1S/C23H29NO4/c1-25-14-4-3-11(9-15(14)26-2)5-6-24-22-18-12-10-13-17-16(12)19(22)21(17)23(20(13)18)27-7-8-28-23/h3-4,9,12-13,16-22,24H,5-8,10H2,1-2H3/t12-,13+,16-,17+,18+,19-,20-,21+,22-/m0/s1. The Morgan fingerprint density at radius 1 is 0.964 bits per heavy atom. The number of ether oxygens (including phenoxy) is 4. The molecule has 1 saturated heterocycles. The maximum atomic E-state index is 6.36. The lowest BCUT2D eigenvalue weighted by atomic mass is 9.57. The molecule has 0 aromatic heterocycles. The third-order valence-corrected chi connectivity index (χ3v) is 9.36. The van der Waals surface area contributed by atoms with Gasteiger partial charge in [0.2, 0.25) is 0 Å². The second-order valence-corrected chi connectivity index (χ2v) is 9.76. The van der Waals surface area contributed by atoms with Gasteiger partial charge in [-0.2, -0.15) is 0 Å². The van der Waals surface area contributed by atoms with Gasteiger partial charge >= 0.3 is 0 Å². The molecule has 5 heteroatoms. The lowest BCUT2D eigenvalue weighted by molar-refractivity contribution is -0.264. The maximum absolute atomic E-state index is 6.36. The van der Waals surface area contributed by atoms with E-state index < -0.39 is 0 Å². The SMILES string of the molecule is COc1ccc(CCN[C@@H]2[C@H]3[C@H]4[C@@H]5C[C@@H]6[C@H]4[C@H]3C3(OCCO3)[C@@H]6[C@@H]52)cc1OC. The second kappa shape index (κ2) is 5.44. The first kappa shape index (κ1) is 16.5. The van der Waals surface area contributed by atoms with Crippen LogP contribution in [0.1, 0.15) is 12.0 Å². The van der Waals surface area contributed by atoms with Crippen molar-refractivity contribution in [1.29, 1.82) is 0 Å². The van der Waals surface area contributed by atoms with Crippen molar-refractivity contribution in [3.8, 4) is 11.5 Å². The summed E-state index contributed by atoms with van der Waals surface area (Å²) < 4.78 is 23.5. The molecule has 150 valence electrons. The van der Waals surface area contributed by atoms with E-state index in [4.69, 9.17) is 18.9 Å². The normalized spacial score (nSPS) is 47.3. The molecule has 9 atom stereocenters. The van der Waals surface area contributed by atoms with E-state index in [-0.39, 0.29) is 5.79 Å². The minimum Gasteiger partial charge on any atom is -0.493 e. The Balaban J connectivity index is 1.08. The van der Waals surface area contributed by atoms with Crippen molar-refractivity contribution in [2.24, 2.45) is 47.3 Å². The van der Waals surface area contributed by atoms with Gasteiger partial charge in [-0.25, -0.2) is 0 Å². The van der Waals surface area contributed by atoms with Crippen molar-refractivity contribution in [1.82, 2.24) is 5.32 Å². The summed E-state index contributed by atoms with van der Waals surface area (Å²) in [6, 6.07) is 6.94. The van der Waals surface area contributed by atoms with Crippen molar-refractivity contribution >= 4 is 0 Å². The fraction of sp³-hybridized carbons (Fsp3) is 0.739. The van der Waals surface area contributed by atoms with Gasteiger partial charge in [0.05, 0.1) is 27.4 Å². The van der Waals surface area contributed by atoms with E-state index in [0.717, 1.165) is 73.2 Å². The molecule has 1 N–H and O–H groups in total.